The number of hydrogen-bond donors (Lipinski definition) is 1. The predicted molar refractivity (Wildman–Crippen MR) is 126 cm³/mol. The van der Waals surface area contributed by atoms with Gasteiger partial charge in [0.1, 0.15) is 0 Å². The Morgan fingerprint density at radius 3 is 2.34 bits per heavy atom. The molecule has 1 aliphatic rings. The number of aromatic nitrogens is 2. The second-order valence-corrected chi connectivity index (χ2v) is 8.28. The van der Waals surface area contributed by atoms with E-state index in [-0.39, 0.29) is 11.8 Å². The maximum absolute atomic E-state index is 12.8. The third-order valence-electron chi connectivity index (χ3n) is 6.45. The lowest BCUT2D eigenvalue weighted by molar-refractivity contribution is 0.0656. The van der Waals surface area contributed by atoms with E-state index in [1.165, 1.54) is 15.8 Å². The second-order valence-electron chi connectivity index (χ2n) is 8.28. The van der Waals surface area contributed by atoms with E-state index in [0.717, 1.165) is 27.7 Å². The molecule has 0 unspecified atom stereocenters. The number of fused-ring (bicyclic) bond motifs is 3. The van der Waals surface area contributed by atoms with E-state index in [2.05, 4.69) is 52.1 Å². The van der Waals surface area contributed by atoms with Crippen molar-refractivity contribution < 1.29 is 9.59 Å². The lowest BCUT2D eigenvalue weighted by Gasteiger charge is -2.14. The van der Waals surface area contributed by atoms with Gasteiger partial charge in [-0.1, -0.05) is 36.4 Å². The van der Waals surface area contributed by atoms with Gasteiger partial charge in [-0.3, -0.25) is 14.5 Å². The van der Waals surface area contributed by atoms with E-state index in [9.17, 15) is 9.59 Å². The van der Waals surface area contributed by atoms with Gasteiger partial charge >= 0.3 is 0 Å². The zero-order valence-corrected chi connectivity index (χ0v) is 17.6. The van der Waals surface area contributed by atoms with E-state index in [0.29, 0.717) is 24.1 Å². The molecule has 5 heteroatoms. The SMILES string of the molecule is Cn1ccc2cc(-c3[nH]c4ccccc4c3CCN3C(=O)c4ccccc4C3=O)ccc21. The number of benzene rings is 3. The van der Waals surface area contributed by atoms with Gasteiger partial charge in [0.05, 0.1) is 11.1 Å². The summed E-state index contributed by atoms with van der Waals surface area (Å²) >= 11 is 0. The molecule has 3 heterocycles. The molecule has 1 N–H and O–H groups in total. The molecule has 0 aliphatic carbocycles. The third-order valence-corrected chi connectivity index (χ3v) is 6.45. The molecular formula is C27H21N3O2. The average Bonchev–Trinajstić information content (AvgIpc) is 3.45. The summed E-state index contributed by atoms with van der Waals surface area (Å²) in [6.45, 7) is 0.342. The average molecular weight is 419 g/mol. The molecule has 0 spiro atoms. The number of amides is 2. The highest BCUT2D eigenvalue weighted by Gasteiger charge is 2.34. The zero-order chi connectivity index (χ0) is 21.8. The molecular weight excluding hydrogens is 398 g/mol. The summed E-state index contributed by atoms with van der Waals surface area (Å²) in [6, 6.07) is 23.8. The smallest absolute Gasteiger partial charge is 0.261 e. The van der Waals surface area contributed by atoms with Crippen LogP contribution in [0.1, 0.15) is 26.3 Å². The number of aromatic amines is 1. The molecule has 1 aliphatic heterocycles. The van der Waals surface area contributed by atoms with Gasteiger partial charge in [-0.15, -0.1) is 0 Å². The largest absolute Gasteiger partial charge is 0.354 e. The molecule has 0 radical (unpaired) electrons. The van der Waals surface area contributed by atoms with E-state index < -0.39 is 0 Å². The van der Waals surface area contributed by atoms with Crippen molar-refractivity contribution in [1.82, 2.24) is 14.5 Å². The molecule has 0 saturated carbocycles. The number of para-hydroxylation sites is 1. The number of rotatable bonds is 4. The van der Waals surface area contributed by atoms with Crippen molar-refractivity contribution in [3.8, 4) is 11.3 Å². The highest BCUT2D eigenvalue weighted by Crippen LogP contribution is 2.33. The van der Waals surface area contributed by atoms with Crippen molar-refractivity contribution in [2.75, 3.05) is 6.54 Å². The molecule has 0 atom stereocenters. The summed E-state index contributed by atoms with van der Waals surface area (Å²) in [5.41, 5.74) is 6.46. The molecule has 2 aromatic heterocycles. The lowest BCUT2D eigenvalue weighted by Crippen LogP contribution is -2.31. The Labute approximate surface area is 184 Å². The molecule has 0 saturated heterocycles. The van der Waals surface area contributed by atoms with Crippen molar-refractivity contribution in [1.29, 1.82) is 0 Å². The molecule has 5 aromatic rings. The van der Waals surface area contributed by atoms with Crippen LogP contribution in [-0.2, 0) is 13.5 Å². The summed E-state index contributed by atoms with van der Waals surface area (Å²) in [5.74, 6) is -0.421. The van der Waals surface area contributed by atoms with Gasteiger partial charge in [-0.25, -0.2) is 0 Å². The molecule has 0 bridgehead atoms. The number of H-pyrrole nitrogens is 1. The molecule has 3 aromatic carbocycles. The topological polar surface area (TPSA) is 58.1 Å². The Hall–Kier alpha value is -4.12. The van der Waals surface area contributed by atoms with Crippen LogP contribution < -0.4 is 0 Å². The Kier molecular flexibility index (Phi) is 4.05. The monoisotopic (exact) mass is 419 g/mol. The van der Waals surface area contributed by atoms with E-state index in [4.69, 9.17) is 0 Å². The quantitative estimate of drug-likeness (QED) is 0.409. The van der Waals surface area contributed by atoms with Crippen LogP contribution in [0.4, 0.5) is 0 Å². The van der Waals surface area contributed by atoms with Gasteiger partial charge in [-0.05, 0) is 53.9 Å². The molecule has 0 fully saturated rings. The Balaban J connectivity index is 1.40. The minimum atomic E-state index is -0.210. The van der Waals surface area contributed by atoms with E-state index in [1.54, 1.807) is 24.3 Å². The zero-order valence-electron chi connectivity index (χ0n) is 17.6. The summed E-state index contributed by atoms with van der Waals surface area (Å²) in [7, 11) is 2.04. The summed E-state index contributed by atoms with van der Waals surface area (Å²) < 4.78 is 2.10. The second kappa shape index (κ2) is 6.95. The number of nitrogens with zero attached hydrogens (tertiary/aromatic N) is 2. The normalized spacial score (nSPS) is 13.5. The minimum Gasteiger partial charge on any atom is -0.354 e. The molecule has 2 amide bonds. The first-order valence-corrected chi connectivity index (χ1v) is 10.7. The first-order valence-electron chi connectivity index (χ1n) is 10.7. The molecule has 32 heavy (non-hydrogen) atoms. The van der Waals surface area contributed by atoms with Crippen LogP contribution in [-0.4, -0.2) is 32.8 Å². The maximum Gasteiger partial charge on any atom is 0.261 e. The Bertz CT molecular complexity index is 1500. The van der Waals surface area contributed by atoms with Crippen LogP contribution in [0.5, 0.6) is 0 Å². The predicted octanol–water partition coefficient (Wildman–Crippen LogP) is 5.17. The summed E-state index contributed by atoms with van der Waals surface area (Å²) in [5, 5.41) is 2.29. The maximum atomic E-state index is 12.8. The van der Waals surface area contributed by atoms with Crippen LogP contribution in [0.3, 0.4) is 0 Å². The summed E-state index contributed by atoms with van der Waals surface area (Å²) in [4.78, 5) is 30.6. The highest BCUT2D eigenvalue weighted by molar-refractivity contribution is 6.21. The fraction of sp³-hybridized carbons (Fsp3) is 0.111. The van der Waals surface area contributed by atoms with Gasteiger partial charge in [0, 0.05) is 47.3 Å². The van der Waals surface area contributed by atoms with Crippen LogP contribution in [0.15, 0.2) is 79.0 Å². The van der Waals surface area contributed by atoms with E-state index in [1.807, 2.05) is 19.2 Å². The van der Waals surface area contributed by atoms with Crippen LogP contribution in [0, 0.1) is 0 Å². The summed E-state index contributed by atoms with van der Waals surface area (Å²) in [6.07, 6.45) is 2.64. The Morgan fingerprint density at radius 1 is 0.844 bits per heavy atom. The van der Waals surface area contributed by atoms with Crippen molar-refractivity contribution in [3.05, 3.63) is 95.7 Å². The number of nitrogens with one attached hydrogen (secondary N) is 1. The van der Waals surface area contributed by atoms with E-state index >= 15 is 0 Å². The van der Waals surface area contributed by atoms with Gasteiger partial charge in [-0.2, -0.15) is 0 Å². The number of carbonyl (C=O) groups is 2. The lowest BCUT2D eigenvalue weighted by atomic mass is 10.0. The van der Waals surface area contributed by atoms with Crippen molar-refractivity contribution in [2.24, 2.45) is 7.05 Å². The number of aryl methyl sites for hydroxylation is 1. The standard InChI is InChI=1S/C27H21N3O2/c1-29-14-12-17-16-18(10-11-24(17)29)25-20(19-6-4-5-9-23(19)28-25)13-15-30-26(31)21-7-2-3-8-22(21)27(30)32/h2-12,14,16,28H,13,15H2,1H3. The van der Waals surface area contributed by atoms with Gasteiger partial charge in [0.2, 0.25) is 0 Å². The van der Waals surface area contributed by atoms with Crippen molar-refractivity contribution >= 4 is 33.6 Å². The first kappa shape index (κ1) is 18.6. The first-order chi connectivity index (χ1) is 15.6. The molecule has 156 valence electrons. The highest BCUT2D eigenvalue weighted by atomic mass is 16.2. The van der Waals surface area contributed by atoms with Gasteiger partial charge in [0.25, 0.3) is 11.8 Å². The van der Waals surface area contributed by atoms with Crippen LogP contribution in [0.25, 0.3) is 33.1 Å². The van der Waals surface area contributed by atoms with Crippen molar-refractivity contribution in [3.63, 3.8) is 0 Å². The fourth-order valence-corrected chi connectivity index (χ4v) is 4.81. The van der Waals surface area contributed by atoms with Crippen LogP contribution in [0.2, 0.25) is 0 Å². The van der Waals surface area contributed by atoms with Crippen molar-refractivity contribution in [2.45, 2.75) is 6.42 Å². The minimum absolute atomic E-state index is 0.210. The fourth-order valence-electron chi connectivity index (χ4n) is 4.81. The number of carbonyl (C=O) groups excluding carboxylic acids is 2. The van der Waals surface area contributed by atoms with Crippen LogP contribution >= 0.6 is 0 Å². The molecule has 5 nitrogen and oxygen atoms in total. The van der Waals surface area contributed by atoms with Gasteiger partial charge < -0.3 is 9.55 Å². The van der Waals surface area contributed by atoms with Gasteiger partial charge in [0.15, 0.2) is 0 Å². The third kappa shape index (κ3) is 2.71. The number of imide groups is 1. The molecule has 6 rings (SSSR count). The Morgan fingerprint density at radius 2 is 1.56 bits per heavy atom. The number of hydrogen-bond acceptors (Lipinski definition) is 2.